The van der Waals surface area contributed by atoms with Gasteiger partial charge in [-0.3, -0.25) is 4.79 Å². The summed E-state index contributed by atoms with van der Waals surface area (Å²) < 4.78 is 11.1. The van der Waals surface area contributed by atoms with Gasteiger partial charge in [-0.2, -0.15) is 0 Å². The van der Waals surface area contributed by atoms with Crippen molar-refractivity contribution in [3.8, 4) is 5.75 Å². The number of para-hydroxylation sites is 1. The summed E-state index contributed by atoms with van der Waals surface area (Å²) >= 11 is 0. The summed E-state index contributed by atoms with van der Waals surface area (Å²) in [5, 5.41) is 7.39. The van der Waals surface area contributed by atoms with Crippen LogP contribution in [-0.4, -0.2) is 17.1 Å². The van der Waals surface area contributed by atoms with E-state index in [2.05, 4.69) is 24.3 Å². The van der Waals surface area contributed by atoms with E-state index >= 15 is 0 Å². The quantitative estimate of drug-likeness (QED) is 0.638. The molecule has 0 spiro atoms. The van der Waals surface area contributed by atoms with Crippen LogP contribution in [0, 0.1) is 11.3 Å². The fourth-order valence-electron chi connectivity index (χ4n) is 3.88. The molecule has 2 aromatic carbocycles. The predicted octanol–water partition coefficient (Wildman–Crippen LogP) is 4.64. The highest BCUT2D eigenvalue weighted by Crippen LogP contribution is 2.47. The van der Waals surface area contributed by atoms with E-state index in [4.69, 9.17) is 9.26 Å². The molecule has 1 heterocycles. The van der Waals surface area contributed by atoms with Crippen LogP contribution < -0.4 is 10.1 Å². The van der Waals surface area contributed by atoms with Crippen LogP contribution in [0.15, 0.2) is 71.3 Å². The molecule has 3 aromatic rings. The SMILES string of the molecule is CC1(C)[C@H](Cc2cc(COc3ccccc3)on2)C[C@@H]1NC(=O)c1ccccc1. The highest BCUT2D eigenvalue weighted by molar-refractivity contribution is 5.94. The van der Waals surface area contributed by atoms with Crippen molar-refractivity contribution >= 4 is 5.91 Å². The van der Waals surface area contributed by atoms with Crippen LogP contribution in [-0.2, 0) is 13.0 Å². The lowest BCUT2D eigenvalue weighted by atomic mass is 9.57. The van der Waals surface area contributed by atoms with Gasteiger partial charge in [0.15, 0.2) is 5.76 Å². The van der Waals surface area contributed by atoms with Gasteiger partial charge in [0.1, 0.15) is 12.4 Å². The van der Waals surface area contributed by atoms with Gasteiger partial charge in [0, 0.05) is 17.7 Å². The van der Waals surface area contributed by atoms with Gasteiger partial charge in [0.25, 0.3) is 5.91 Å². The van der Waals surface area contributed by atoms with Crippen molar-refractivity contribution in [3.05, 3.63) is 83.7 Å². The summed E-state index contributed by atoms with van der Waals surface area (Å²) in [6.07, 6.45) is 1.77. The van der Waals surface area contributed by atoms with Crippen LogP contribution in [0.25, 0.3) is 0 Å². The largest absolute Gasteiger partial charge is 0.486 e. The number of hydrogen-bond donors (Lipinski definition) is 1. The first-order valence-corrected chi connectivity index (χ1v) is 10.0. The monoisotopic (exact) mass is 390 g/mol. The number of carbonyl (C=O) groups is 1. The van der Waals surface area contributed by atoms with Gasteiger partial charge >= 0.3 is 0 Å². The number of hydrogen-bond acceptors (Lipinski definition) is 4. The van der Waals surface area contributed by atoms with E-state index < -0.39 is 0 Å². The van der Waals surface area contributed by atoms with Gasteiger partial charge < -0.3 is 14.6 Å². The Balaban J connectivity index is 1.29. The molecule has 0 unspecified atom stereocenters. The van der Waals surface area contributed by atoms with E-state index in [1.165, 1.54) is 0 Å². The molecule has 0 aliphatic heterocycles. The molecule has 29 heavy (non-hydrogen) atoms. The third-order valence-electron chi connectivity index (χ3n) is 6.00. The lowest BCUT2D eigenvalue weighted by Crippen LogP contribution is -2.58. The Bertz CT molecular complexity index is 951. The average molecular weight is 390 g/mol. The Kier molecular flexibility index (Phi) is 5.38. The molecule has 1 aromatic heterocycles. The van der Waals surface area contributed by atoms with Gasteiger partial charge in [-0.05, 0) is 48.4 Å². The highest BCUT2D eigenvalue weighted by Gasteiger charge is 2.48. The van der Waals surface area contributed by atoms with Gasteiger partial charge in [0.2, 0.25) is 0 Å². The number of carbonyl (C=O) groups excluding carboxylic acids is 1. The summed E-state index contributed by atoms with van der Waals surface area (Å²) in [6, 6.07) is 21.1. The minimum Gasteiger partial charge on any atom is -0.486 e. The predicted molar refractivity (Wildman–Crippen MR) is 111 cm³/mol. The second-order valence-electron chi connectivity index (χ2n) is 8.24. The van der Waals surface area contributed by atoms with Crippen molar-refractivity contribution in [2.24, 2.45) is 11.3 Å². The van der Waals surface area contributed by atoms with E-state index in [1.54, 1.807) is 0 Å². The maximum atomic E-state index is 12.4. The average Bonchev–Trinajstić information content (AvgIpc) is 3.20. The first-order valence-electron chi connectivity index (χ1n) is 10.0. The minimum absolute atomic E-state index is 0.00406. The third kappa shape index (κ3) is 4.34. The molecule has 2 atom stereocenters. The Morgan fingerprint density at radius 1 is 1.14 bits per heavy atom. The number of aromatic nitrogens is 1. The summed E-state index contributed by atoms with van der Waals surface area (Å²) in [5.41, 5.74) is 1.64. The first-order chi connectivity index (χ1) is 14.0. The van der Waals surface area contributed by atoms with Crippen LogP contribution in [0.1, 0.15) is 42.1 Å². The van der Waals surface area contributed by atoms with Gasteiger partial charge in [-0.1, -0.05) is 55.4 Å². The van der Waals surface area contributed by atoms with Gasteiger partial charge in [-0.25, -0.2) is 0 Å². The molecule has 4 rings (SSSR count). The minimum atomic E-state index is -0.0103. The number of amides is 1. The lowest BCUT2D eigenvalue weighted by molar-refractivity contribution is 0.0138. The summed E-state index contributed by atoms with van der Waals surface area (Å²) in [4.78, 5) is 12.4. The van der Waals surface area contributed by atoms with Crippen LogP contribution in [0.2, 0.25) is 0 Å². The van der Waals surface area contributed by atoms with Gasteiger partial charge in [-0.15, -0.1) is 0 Å². The van der Waals surface area contributed by atoms with Crippen molar-refractivity contribution in [1.82, 2.24) is 10.5 Å². The second-order valence-corrected chi connectivity index (χ2v) is 8.24. The van der Waals surface area contributed by atoms with Gasteiger partial charge in [0.05, 0.1) is 5.69 Å². The molecule has 0 bridgehead atoms. The first kappa shape index (κ1) is 19.2. The van der Waals surface area contributed by atoms with E-state index in [1.807, 2.05) is 66.7 Å². The Labute approximate surface area is 171 Å². The zero-order valence-corrected chi connectivity index (χ0v) is 16.8. The standard InChI is InChI=1S/C24H26N2O3/c1-24(2)18(14-22(24)25-23(27)17-9-5-3-6-10-17)13-19-15-21(29-26-19)16-28-20-11-7-4-8-12-20/h3-12,15,18,22H,13-14,16H2,1-2H3,(H,25,27)/t18-,22+/m1/s1. The van der Waals surface area contributed by atoms with Crippen molar-refractivity contribution in [1.29, 1.82) is 0 Å². The molecule has 1 N–H and O–H groups in total. The smallest absolute Gasteiger partial charge is 0.251 e. The second kappa shape index (κ2) is 8.11. The number of nitrogens with zero attached hydrogens (tertiary/aromatic N) is 1. The van der Waals surface area contributed by atoms with Crippen LogP contribution in [0.5, 0.6) is 5.75 Å². The van der Waals surface area contributed by atoms with E-state index in [0.717, 1.165) is 30.0 Å². The highest BCUT2D eigenvalue weighted by atomic mass is 16.5. The molecule has 1 aliphatic carbocycles. The van der Waals surface area contributed by atoms with E-state index in [0.29, 0.717) is 18.1 Å². The molecular weight excluding hydrogens is 364 g/mol. The Morgan fingerprint density at radius 3 is 2.52 bits per heavy atom. The van der Waals surface area contributed by atoms with Crippen molar-refractivity contribution < 1.29 is 14.1 Å². The van der Waals surface area contributed by atoms with E-state index in [-0.39, 0.29) is 17.4 Å². The van der Waals surface area contributed by atoms with Crippen molar-refractivity contribution in [2.45, 2.75) is 39.3 Å². The fraction of sp³-hybridized carbons (Fsp3) is 0.333. The molecule has 0 radical (unpaired) electrons. The van der Waals surface area contributed by atoms with Crippen LogP contribution >= 0.6 is 0 Å². The Morgan fingerprint density at radius 2 is 1.83 bits per heavy atom. The molecule has 5 heteroatoms. The van der Waals surface area contributed by atoms with Crippen molar-refractivity contribution in [2.75, 3.05) is 0 Å². The maximum absolute atomic E-state index is 12.4. The third-order valence-corrected chi connectivity index (χ3v) is 6.00. The molecule has 1 saturated carbocycles. The zero-order valence-electron chi connectivity index (χ0n) is 16.8. The molecular formula is C24H26N2O3. The molecule has 1 fully saturated rings. The molecule has 1 aliphatic rings. The Hall–Kier alpha value is -3.08. The normalized spacial score (nSPS) is 19.9. The van der Waals surface area contributed by atoms with Crippen LogP contribution in [0.4, 0.5) is 0 Å². The molecule has 150 valence electrons. The summed E-state index contributed by atoms with van der Waals surface area (Å²) in [6.45, 7) is 4.77. The molecule has 5 nitrogen and oxygen atoms in total. The van der Waals surface area contributed by atoms with Crippen LogP contribution in [0.3, 0.4) is 0 Å². The number of ether oxygens (including phenoxy) is 1. The topological polar surface area (TPSA) is 64.4 Å². The number of rotatable bonds is 7. The number of nitrogens with one attached hydrogen (secondary N) is 1. The van der Waals surface area contributed by atoms with E-state index in [9.17, 15) is 4.79 Å². The molecule has 1 amide bonds. The number of benzene rings is 2. The maximum Gasteiger partial charge on any atom is 0.251 e. The fourth-order valence-corrected chi connectivity index (χ4v) is 3.88. The zero-order chi connectivity index (χ0) is 20.3. The van der Waals surface area contributed by atoms with Crippen molar-refractivity contribution in [3.63, 3.8) is 0 Å². The summed E-state index contributed by atoms with van der Waals surface area (Å²) in [7, 11) is 0. The molecule has 0 saturated heterocycles. The summed E-state index contributed by atoms with van der Waals surface area (Å²) in [5.74, 6) is 1.96. The lowest BCUT2D eigenvalue weighted by Gasteiger charge is -2.52.